The third kappa shape index (κ3) is 9.82. The van der Waals surface area contributed by atoms with E-state index in [1.54, 1.807) is 36.6 Å². The third-order valence-electron chi connectivity index (χ3n) is 7.24. The van der Waals surface area contributed by atoms with E-state index in [0.29, 0.717) is 80.5 Å². The zero-order chi connectivity index (χ0) is 31.3. The molecular weight excluding hydrogens is 602 g/mol. The molecule has 1 aromatic carbocycles. The van der Waals surface area contributed by atoms with Crippen LogP contribution in [0.4, 0.5) is 11.6 Å². The van der Waals surface area contributed by atoms with Gasteiger partial charge in [0, 0.05) is 25.1 Å². The van der Waals surface area contributed by atoms with E-state index >= 15 is 0 Å². The molecular formula is C30H40ClN9O5. The molecule has 0 unspecified atom stereocenters. The zero-order valence-corrected chi connectivity index (χ0v) is 26.4. The number of ether oxygens (including phenoxy) is 5. The van der Waals surface area contributed by atoms with Crippen molar-refractivity contribution in [2.75, 3.05) is 52.1 Å². The fourth-order valence-electron chi connectivity index (χ4n) is 4.98. The summed E-state index contributed by atoms with van der Waals surface area (Å²) in [6.07, 6.45) is 12.7. The number of aromatic nitrogens is 8. The van der Waals surface area contributed by atoms with Crippen LogP contribution in [-0.4, -0.2) is 92.8 Å². The molecule has 0 bridgehead atoms. The molecule has 1 aliphatic rings. The monoisotopic (exact) mass is 641 g/mol. The number of rotatable bonds is 18. The molecule has 0 radical (unpaired) electrons. The highest BCUT2D eigenvalue weighted by Crippen LogP contribution is 2.34. The molecule has 0 aliphatic heterocycles. The fourth-order valence-corrected chi connectivity index (χ4v) is 5.14. The number of benzene rings is 1. The van der Waals surface area contributed by atoms with Crippen molar-refractivity contribution in [2.24, 2.45) is 0 Å². The van der Waals surface area contributed by atoms with Crippen molar-refractivity contribution in [3.8, 4) is 22.8 Å². The number of nitrogens with zero attached hydrogens (tertiary/aromatic N) is 8. The van der Waals surface area contributed by atoms with Crippen molar-refractivity contribution in [1.29, 1.82) is 0 Å². The molecule has 0 saturated heterocycles. The van der Waals surface area contributed by atoms with Crippen LogP contribution < -0.4 is 14.8 Å². The molecule has 1 fully saturated rings. The summed E-state index contributed by atoms with van der Waals surface area (Å²) in [6, 6.07) is 5.92. The number of tetrazole rings is 1. The first kappa shape index (κ1) is 32.5. The highest BCUT2D eigenvalue weighted by molar-refractivity contribution is 6.32. The zero-order valence-electron chi connectivity index (χ0n) is 25.7. The van der Waals surface area contributed by atoms with Gasteiger partial charge in [-0.3, -0.25) is 4.68 Å². The van der Waals surface area contributed by atoms with E-state index in [0.717, 1.165) is 24.0 Å². The second-order valence-electron chi connectivity index (χ2n) is 10.7. The molecule has 0 spiro atoms. The van der Waals surface area contributed by atoms with Crippen LogP contribution in [0.15, 0.2) is 43.1 Å². The van der Waals surface area contributed by atoms with E-state index in [-0.39, 0.29) is 6.10 Å². The Kier molecular flexibility index (Phi) is 12.3. The van der Waals surface area contributed by atoms with Crippen LogP contribution in [0.5, 0.6) is 11.6 Å². The second kappa shape index (κ2) is 17.0. The number of anilines is 2. The lowest BCUT2D eigenvalue weighted by molar-refractivity contribution is 0.0176. The van der Waals surface area contributed by atoms with Gasteiger partial charge < -0.3 is 29.0 Å². The van der Waals surface area contributed by atoms with Crippen molar-refractivity contribution in [3.05, 3.63) is 48.1 Å². The Bertz CT molecular complexity index is 1430. The van der Waals surface area contributed by atoms with Crippen LogP contribution in [0.25, 0.3) is 11.1 Å². The van der Waals surface area contributed by atoms with Crippen LogP contribution in [0.1, 0.15) is 45.1 Å². The predicted molar refractivity (Wildman–Crippen MR) is 167 cm³/mol. The van der Waals surface area contributed by atoms with Gasteiger partial charge in [0.1, 0.15) is 30.5 Å². The van der Waals surface area contributed by atoms with Gasteiger partial charge in [0.15, 0.2) is 0 Å². The predicted octanol–water partition coefficient (Wildman–Crippen LogP) is 4.75. The maximum atomic E-state index is 6.43. The molecule has 1 aliphatic carbocycles. The Morgan fingerprint density at radius 3 is 2.47 bits per heavy atom. The van der Waals surface area contributed by atoms with Crippen LogP contribution in [0, 0.1) is 0 Å². The van der Waals surface area contributed by atoms with Gasteiger partial charge in [-0.05, 0) is 47.9 Å². The number of hydrogen-bond donors (Lipinski definition) is 1. The van der Waals surface area contributed by atoms with E-state index < -0.39 is 0 Å². The summed E-state index contributed by atoms with van der Waals surface area (Å²) in [7, 11) is 1.65. The second-order valence-corrected chi connectivity index (χ2v) is 11.1. The minimum Gasteiger partial charge on any atom is -0.487 e. The lowest BCUT2D eigenvalue weighted by Crippen LogP contribution is -2.20. The lowest BCUT2D eigenvalue weighted by Gasteiger charge is -2.21. The van der Waals surface area contributed by atoms with Crippen LogP contribution in [-0.2, 0) is 20.8 Å². The van der Waals surface area contributed by atoms with Crippen molar-refractivity contribution < 1.29 is 23.7 Å². The van der Waals surface area contributed by atoms with Crippen LogP contribution in [0.2, 0.25) is 5.02 Å². The maximum Gasteiger partial charge on any atom is 0.257 e. The van der Waals surface area contributed by atoms with Gasteiger partial charge >= 0.3 is 0 Å². The highest BCUT2D eigenvalue weighted by Gasteiger charge is 2.20. The Labute approximate surface area is 267 Å². The van der Waals surface area contributed by atoms with E-state index in [1.165, 1.54) is 19.3 Å². The summed E-state index contributed by atoms with van der Waals surface area (Å²) in [4.78, 5) is 9.13. The van der Waals surface area contributed by atoms with Crippen molar-refractivity contribution >= 4 is 23.2 Å². The smallest absolute Gasteiger partial charge is 0.257 e. The van der Waals surface area contributed by atoms with Gasteiger partial charge in [0.25, 0.3) is 5.88 Å². The summed E-state index contributed by atoms with van der Waals surface area (Å²) in [6.45, 7) is 5.28. The Hall–Kier alpha value is -3.85. The van der Waals surface area contributed by atoms with Gasteiger partial charge in [-0.15, -0.1) is 10.2 Å². The maximum absolute atomic E-state index is 6.43. The molecule has 3 aromatic heterocycles. The van der Waals surface area contributed by atoms with Gasteiger partial charge in [-0.2, -0.15) is 0 Å². The fraction of sp³-hybridized carbons (Fsp3) is 0.533. The molecule has 1 saturated carbocycles. The molecule has 5 rings (SSSR count). The van der Waals surface area contributed by atoms with Crippen LogP contribution in [0.3, 0.4) is 0 Å². The molecule has 4 aromatic rings. The number of halogens is 1. The normalized spacial score (nSPS) is 14.4. The summed E-state index contributed by atoms with van der Waals surface area (Å²) < 4.78 is 31.8. The molecule has 14 nitrogen and oxygen atoms in total. The number of hydrogen-bond acceptors (Lipinski definition) is 12. The third-order valence-corrected chi connectivity index (χ3v) is 7.56. The standard InChI is InChI=1S/C30H40ClN9O5/c1-22(19-39-21-34-37-38-39)45-28-16-23(8-9-26(28)31)24-17-32-30(33-18-24)35-27-20-40(25-6-4-3-5-7-25)36-29(27)44-15-14-43-13-12-42-11-10-41-2/h8-9,16-18,20-22,25H,3-7,10-15,19H2,1-2H3,(H,32,33,35)/t22-/m0/s1. The van der Waals surface area contributed by atoms with Gasteiger partial charge in [0.05, 0.1) is 56.8 Å². The SMILES string of the molecule is COCCOCCOCCOc1nn(C2CCCCC2)cc1Nc1ncc(-c2ccc(Cl)c(O[C@@H](C)Cn3cnnn3)c2)cn1. The Morgan fingerprint density at radius 2 is 1.73 bits per heavy atom. The van der Waals surface area contributed by atoms with Crippen LogP contribution >= 0.6 is 11.6 Å². The highest BCUT2D eigenvalue weighted by atomic mass is 35.5. The molecule has 242 valence electrons. The molecule has 45 heavy (non-hydrogen) atoms. The summed E-state index contributed by atoms with van der Waals surface area (Å²) in [5.41, 5.74) is 2.39. The summed E-state index contributed by atoms with van der Waals surface area (Å²) in [5, 5.41) is 19.8. The van der Waals surface area contributed by atoms with Gasteiger partial charge in [0.2, 0.25) is 5.95 Å². The largest absolute Gasteiger partial charge is 0.487 e. The summed E-state index contributed by atoms with van der Waals surface area (Å²) >= 11 is 6.43. The van der Waals surface area contributed by atoms with E-state index in [9.17, 15) is 0 Å². The van der Waals surface area contributed by atoms with Crippen molar-refractivity contribution in [2.45, 2.75) is 57.7 Å². The van der Waals surface area contributed by atoms with E-state index in [1.807, 2.05) is 29.9 Å². The minimum atomic E-state index is -0.207. The van der Waals surface area contributed by atoms with Gasteiger partial charge in [-0.25, -0.2) is 14.6 Å². The first-order chi connectivity index (χ1) is 22.1. The molecule has 15 heteroatoms. The topological polar surface area (TPSA) is 145 Å². The van der Waals surface area contributed by atoms with E-state index in [4.69, 9.17) is 40.4 Å². The van der Waals surface area contributed by atoms with Crippen molar-refractivity contribution in [1.82, 2.24) is 40.0 Å². The molecule has 1 atom stereocenters. The van der Waals surface area contributed by atoms with E-state index in [2.05, 4.69) is 30.8 Å². The first-order valence-corrected chi connectivity index (χ1v) is 15.6. The lowest BCUT2D eigenvalue weighted by atomic mass is 9.96. The Balaban J connectivity index is 1.20. The first-order valence-electron chi connectivity index (χ1n) is 15.2. The summed E-state index contributed by atoms with van der Waals surface area (Å²) in [5.74, 6) is 1.47. The van der Waals surface area contributed by atoms with Gasteiger partial charge in [-0.1, -0.05) is 36.9 Å². The Morgan fingerprint density at radius 1 is 0.978 bits per heavy atom. The average molecular weight is 642 g/mol. The minimum absolute atomic E-state index is 0.207. The molecule has 1 N–H and O–H groups in total. The van der Waals surface area contributed by atoms with Crippen molar-refractivity contribution in [3.63, 3.8) is 0 Å². The molecule has 3 heterocycles. The molecule has 0 amide bonds. The average Bonchev–Trinajstić information content (AvgIpc) is 3.72. The number of nitrogens with one attached hydrogen (secondary N) is 1. The number of methoxy groups -OCH3 is 1. The quantitative estimate of drug-likeness (QED) is 0.150.